The summed E-state index contributed by atoms with van der Waals surface area (Å²) in [5, 5.41) is 2.89. The van der Waals surface area contributed by atoms with Gasteiger partial charge < -0.3 is 9.73 Å². The number of aryl methyl sites for hydroxylation is 2. The van der Waals surface area contributed by atoms with Crippen LogP contribution in [0.5, 0.6) is 0 Å². The lowest BCUT2D eigenvalue weighted by atomic mass is 10.1. The van der Waals surface area contributed by atoms with Gasteiger partial charge in [-0.15, -0.1) is 0 Å². The third kappa shape index (κ3) is 3.78. The molecule has 0 saturated carbocycles. The summed E-state index contributed by atoms with van der Waals surface area (Å²) in [5.41, 5.74) is 1.06. The average molecular weight is 209 g/mol. The van der Waals surface area contributed by atoms with Crippen LogP contribution < -0.4 is 5.32 Å². The molecule has 0 aliphatic carbocycles. The summed E-state index contributed by atoms with van der Waals surface area (Å²) in [4.78, 5) is 11.4. The van der Waals surface area contributed by atoms with Gasteiger partial charge in [0.15, 0.2) is 0 Å². The molecule has 0 bridgehead atoms. The Morgan fingerprint density at radius 3 is 2.60 bits per heavy atom. The number of carbonyl (C=O) groups is 1. The molecule has 3 heteroatoms. The Morgan fingerprint density at radius 1 is 1.47 bits per heavy atom. The number of nitrogens with one attached hydrogen (secondary N) is 1. The molecule has 1 heterocycles. The molecule has 1 N–H and O–H groups in total. The van der Waals surface area contributed by atoms with Crippen molar-refractivity contribution in [2.75, 3.05) is 0 Å². The third-order valence-corrected chi connectivity index (χ3v) is 2.21. The molecule has 0 unspecified atom stereocenters. The molecule has 0 aromatic carbocycles. The highest BCUT2D eigenvalue weighted by Crippen LogP contribution is 2.13. The second-order valence-electron chi connectivity index (χ2n) is 4.31. The molecule has 15 heavy (non-hydrogen) atoms. The van der Waals surface area contributed by atoms with Gasteiger partial charge >= 0.3 is 0 Å². The minimum absolute atomic E-state index is 0.100. The number of hydrogen-bond donors (Lipinski definition) is 1. The van der Waals surface area contributed by atoms with Gasteiger partial charge in [0.05, 0.1) is 0 Å². The van der Waals surface area contributed by atoms with Gasteiger partial charge in [0.25, 0.3) is 0 Å². The summed E-state index contributed by atoms with van der Waals surface area (Å²) >= 11 is 0. The van der Waals surface area contributed by atoms with E-state index >= 15 is 0 Å². The van der Waals surface area contributed by atoms with E-state index in [-0.39, 0.29) is 5.91 Å². The SMILES string of the molecule is Cc1cc(CNC(=O)CC(C)C)c(C)o1. The molecule has 0 aliphatic heterocycles. The van der Waals surface area contributed by atoms with Crippen molar-refractivity contribution in [3.8, 4) is 0 Å². The molecule has 3 nitrogen and oxygen atoms in total. The van der Waals surface area contributed by atoms with E-state index in [0.29, 0.717) is 18.9 Å². The van der Waals surface area contributed by atoms with Gasteiger partial charge in [0, 0.05) is 18.5 Å². The largest absolute Gasteiger partial charge is 0.466 e. The maximum atomic E-state index is 11.4. The molecule has 0 radical (unpaired) electrons. The Labute approximate surface area is 90.9 Å². The van der Waals surface area contributed by atoms with Crippen molar-refractivity contribution >= 4 is 5.91 Å². The van der Waals surface area contributed by atoms with Crippen molar-refractivity contribution in [3.63, 3.8) is 0 Å². The number of furan rings is 1. The lowest BCUT2D eigenvalue weighted by Gasteiger charge is -2.06. The average Bonchev–Trinajstić information content (AvgIpc) is 2.40. The Hall–Kier alpha value is -1.25. The van der Waals surface area contributed by atoms with Crippen LogP contribution >= 0.6 is 0 Å². The maximum absolute atomic E-state index is 11.4. The molecule has 84 valence electrons. The normalized spacial score (nSPS) is 10.7. The van der Waals surface area contributed by atoms with E-state index in [9.17, 15) is 4.79 Å². The van der Waals surface area contributed by atoms with Gasteiger partial charge in [-0.2, -0.15) is 0 Å². The second-order valence-corrected chi connectivity index (χ2v) is 4.31. The van der Waals surface area contributed by atoms with Gasteiger partial charge in [-0.3, -0.25) is 4.79 Å². The van der Waals surface area contributed by atoms with E-state index in [1.165, 1.54) is 0 Å². The molecule has 0 fully saturated rings. The molecular formula is C12H19NO2. The van der Waals surface area contributed by atoms with E-state index in [4.69, 9.17) is 4.42 Å². The van der Waals surface area contributed by atoms with E-state index in [1.807, 2.05) is 33.8 Å². The lowest BCUT2D eigenvalue weighted by Crippen LogP contribution is -2.23. The first-order valence-electron chi connectivity index (χ1n) is 5.31. The Bertz CT molecular complexity index is 339. The summed E-state index contributed by atoms with van der Waals surface area (Å²) in [6, 6.07) is 1.96. The van der Waals surface area contributed by atoms with Crippen LogP contribution in [0.3, 0.4) is 0 Å². The van der Waals surface area contributed by atoms with E-state index in [1.54, 1.807) is 0 Å². The molecule has 0 saturated heterocycles. The van der Waals surface area contributed by atoms with E-state index in [0.717, 1.165) is 17.1 Å². The smallest absolute Gasteiger partial charge is 0.220 e. The van der Waals surface area contributed by atoms with Crippen molar-refractivity contribution in [1.82, 2.24) is 5.32 Å². The van der Waals surface area contributed by atoms with Crippen molar-refractivity contribution in [3.05, 3.63) is 23.2 Å². The first-order valence-corrected chi connectivity index (χ1v) is 5.31. The molecule has 0 atom stereocenters. The van der Waals surface area contributed by atoms with Crippen LogP contribution in [0.4, 0.5) is 0 Å². The summed E-state index contributed by atoms with van der Waals surface area (Å²) < 4.78 is 5.38. The lowest BCUT2D eigenvalue weighted by molar-refractivity contribution is -0.121. The highest BCUT2D eigenvalue weighted by Gasteiger charge is 2.07. The fourth-order valence-corrected chi connectivity index (χ4v) is 1.50. The van der Waals surface area contributed by atoms with Crippen LogP contribution in [0.2, 0.25) is 0 Å². The minimum atomic E-state index is 0.100. The zero-order valence-corrected chi connectivity index (χ0v) is 9.89. The fourth-order valence-electron chi connectivity index (χ4n) is 1.50. The molecule has 1 aromatic heterocycles. The monoisotopic (exact) mass is 209 g/mol. The molecule has 1 amide bonds. The number of rotatable bonds is 4. The predicted octanol–water partition coefficient (Wildman–Crippen LogP) is 2.56. The summed E-state index contributed by atoms with van der Waals surface area (Å²) in [6.45, 7) is 8.46. The Kier molecular flexibility index (Phi) is 3.95. The van der Waals surface area contributed by atoms with Crippen LogP contribution in [0.15, 0.2) is 10.5 Å². The van der Waals surface area contributed by atoms with Gasteiger partial charge in [0.1, 0.15) is 11.5 Å². The van der Waals surface area contributed by atoms with Crippen LogP contribution in [-0.2, 0) is 11.3 Å². The van der Waals surface area contributed by atoms with Crippen molar-refractivity contribution in [2.45, 2.75) is 40.7 Å². The summed E-state index contributed by atoms with van der Waals surface area (Å²) in [6.07, 6.45) is 0.579. The number of amides is 1. The van der Waals surface area contributed by atoms with E-state index < -0.39 is 0 Å². The first kappa shape index (κ1) is 11.8. The third-order valence-electron chi connectivity index (χ3n) is 2.21. The quantitative estimate of drug-likeness (QED) is 0.828. The molecule has 1 aromatic rings. The van der Waals surface area contributed by atoms with Crippen LogP contribution in [-0.4, -0.2) is 5.91 Å². The molecule has 0 spiro atoms. The zero-order valence-electron chi connectivity index (χ0n) is 9.89. The van der Waals surface area contributed by atoms with Crippen LogP contribution in [0.1, 0.15) is 37.4 Å². The zero-order chi connectivity index (χ0) is 11.4. The minimum Gasteiger partial charge on any atom is -0.466 e. The topological polar surface area (TPSA) is 42.2 Å². The van der Waals surface area contributed by atoms with Crippen LogP contribution in [0.25, 0.3) is 0 Å². The standard InChI is InChI=1S/C12H19NO2/c1-8(2)5-12(14)13-7-11-6-9(3)15-10(11)4/h6,8H,5,7H2,1-4H3,(H,13,14). The predicted molar refractivity (Wildman–Crippen MR) is 59.5 cm³/mol. The van der Waals surface area contributed by atoms with Gasteiger partial charge in [-0.1, -0.05) is 13.8 Å². The fraction of sp³-hybridized carbons (Fsp3) is 0.583. The van der Waals surface area contributed by atoms with Crippen LogP contribution in [0, 0.1) is 19.8 Å². The highest BCUT2D eigenvalue weighted by atomic mass is 16.3. The Balaban J connectivity index is 2.43. The first-order chi connectivity index (χ1) is 6.99. The second kappa shape index (κ2) is 5.01. The highest BCUT2D eigenvalue weighted by molar-refractivity contribution is 5.76. The summed E-state index contributed by atoms with van der Waals surface area (Å²) in [7, 11) is 0. The summed E-state index contributed by atoms with van der Waals surface area (Å²) in [5.74, 6) is 2.28. The van der Waals surface area contributed by atoms with Crippen molar-refractivity contribution in [2.24, 2.45) is 5.92 Å². The number of carbonyl (C=O) groups excluding carboxylic acids is 1. The molecular weight excluding hydrogens is 190 g/mol. The number of hydrogen-bond acceptors (Lipinski definition) is 2. The van der Waals surface area contributed by atoms with Crippen molar-refractivity contribution in [1.29, 1.82) is 0 Å². The Morgan fingerprint density at radius 2 is 2.13 bits per heavy atom. The van der Waals surface area contributed by atoms with Gasteiger partial charge in [-0.05, 0) is 25.8 Å². The van der Waals surface area contributed by atoms with Gasteiger partial charge in [-0.25, -0.2) is 0 Å². The van der Waals surface area contributed by atoms with Gasteiger partial charge in [0.2, 0.25) is 5.91 Å². The van der Waals surface area contributed by atoms with E-state index in [2.05, 4.69) is 5.32 Å². The maximum Gasteiger partial charge on any atom is 0.220 e. The molecule has 1 rings (SSSR count). The van der Waals surface area contributed by atoms with Crippen molar-refractivity contribution < 1.29 is 9.21 Å². The molecule has 0 aliphatic rings.